The molecule has 0 amide bonds. The topological polar surface area (TPSA) is 144 Å². The second-order valence-corrected chi connectivity index (χ2v) is 7.17. The van der Waals surface area contributed by atoms with Crippen molar-refractivity contribution in [3.63, 3.8) is 0 Å². The summed E-state index contributed by atoms with van der Waals surface area (Å²) in [7, 11) is -0.761. The lowest BCUT2D eigenvalue weighted by molar-refractivity contribution is -0.254. The predicted octanol–water partition coefficient (Wildman–Crippen LogP) is 1.28. The number of para-hydroxylation sites is 1. The average molecular weight is 418 g/mol. The molecule has 10 heteroatoms. The van der Waals surface area contributed by atoms with E-state index in [1.165, 1.54) is 6.07 Å². The number of carbonyl (C=O) groups excluding carboxylic acids is 1. The van der Waals surface area contributed by atoms with Gasteiger partial charge in [0.15, 0.2) is 11.5 Å². The van der Waals surface area contributed by atoms with Gasteiger partial charge >= 0.3 is 0 Å². The van der Waals surface area contributed by atoms with Crippen molar-refractivity contribution in [2.75, 3.05) is 20.5 Å². The number of nitrogens with zero attached hydrogens (tertiary/aromatic N) is 1. The second-order valence-electron chi connectivity index (χ2n) is 5.76. The minimum Gasteiger partial charge on any atom is -0.748 e. The van der Waals surface area contributed by atoms with E-state index < -0.39 is 16.1 Å². The number of carboxylic acid groups (broad SMARTS) is 1. The summed E-state index contributed by atoms with van der Waals surface area (Å²) in [6.07, 6.45) is 4.21. The quantitative estimate of drug-likeness (QED) is 0.610. The molecule has 0 fully saturated rings. The maximum absolute atomic E-state index is 11.1. The van der Waals surface area contributed by atoms with Gasteiger partial charge in [0.25, 0.3) is 0 Å². The molecule has 0 spiro atoms. The maximum Gasteiger partial charge on any atom is 0.161 e. The minimum atomic E-state index is -3.92. The molecule has 0 saturated heterocycles. The minimum absolute atomic E-state index is 0.0644. The van der Waals surface area contributed by atoms with Crippen LogP contribution in [0.2, 0.25) is 0 Å². The van der Waals surface area contributed by atoms with Crippen LogP contribution in [0.25, 0.3) is 23.2 Å². The van der Waals surface area contributed by atoms with Crippen molar-refractivity contribution in [1.29, 1.82) is 0 Å². The van der Waals surface area contributed by atoms with E-state index in [0.29, 0.717) is 34.6 Å². The van der Waals surface area contributed by atoms with Gasteiger partial charge in [0.1, 0.15) is 5.82 Å². The van der Waals surface area contributed by atoms with Crippen LogP contribution in [0.3, 0.4) is 0 Å². The summed E-state index contributed by atoms with van der Waals surface area (Å²) in [5.74, 6) is 0.580. The van der Waals surface area contributed by atoms with Crippen molar-refractivity contribution >= 4 is 39.3 Å². The summed E-state index contributed by atoms with van der Waals surface area (Å²) in [4.78, 5) is 18.5. The number of fused-ring (bicyclic) bond motifs is 1. The molecular weight excluding hydrogens is 400 g/mol. The Balaban J connectivity index is 0.000000537. The number of aromatic nitrogens is 2. The second kappa shape index (κ2) is 9.22. The highest BCUT2D eigenvalue weighted by molar-refractivity contribution is 7.84. The maximum atomic E-state index is 11.1. The number of benzene rings is 2. The summed E-state index contributed by atoms with van der Waals surface area (Å²) >= 11 is 0. The monoisotopic (exact) mass is 418 g/mol. The predicted molar refractivity (Wildman–Crippen MR) is 105 cm³/mol. The number of imidazole rings is 1. The van der Waals surface area contributed by atoms with Gasteiger partial charge in [-0.1, -0.05) is 24.3 Å². The van der Waals surface area contributed by atoms with E-state index in [1.807, 2.05) is 24.3 Å². The van der Waals surface area contributed by atoms with Crippen molar-refractivity contribution in [2.24, 2.45) is 0 Å². The zero-order chi connectivity index (χ0) is 21.6. The fourth-order valence-electron chi connectivity index (χ4n) is 2.43. The van der Waals surface area contributed by atoms with Gasteiger partial charge in [-0.15, -0.1) is 0 Å². The number of rotatable bonds is 5. The van der Waals surface area contributed by atoms with Crippen LogP contribution in [-0.4, -0.2) is 49.4 Å². The summed E-state index contributed by atoms with van der Waals surface area (Å²) in [5, 5.41) is 11.1. The van der Waals surface area contributed by atoms with Gasteiger partial charge in [0.05, 0.1) is 41.3 Å². The van der Waals surface area contributed by atoms with E-state index in [1.54, 1.807) is 32.4 Å². The van der Waals surface area contributed by atoms with Gasteiger partial charge in [-0.3, -0.25) is 0 Å². The van der Waals surface area contributed by atoms with E-state index in [9.17, 15) is 9.90 Å². The number of carbonyl (C=O) groups is 1. The molecule has 0 aliphatic carbocycles. The lowest BCUT2D eigenvalue weighted by atomic mass is 10.2. The van der Waals surface area contributed by atoms with Crippen LogP contribution in [0.5, 0.6) is 11.5 Å². The largest absolute Gasteiger partial charge is 0.748 e. The van der Waals surface area contributed by atoms with Gasteiger partial charge in [-0.05, 0) is 29.8 Å². The first-order valence-electron chi connectivity index (χ1n) is 8.13. The third-order valence-corrected chi connectivity index (χ3v) is 3.59. The molecule has 1 aromatic heterocycles. The standard InChI is InChI=1S/C18H16N2O4.CH4O3S/c1-23-14-8-6-11(10-15(14)24-2)7-9-16-19-13-5-3-4-12(18(21)22)17(13)20-16;1-5(2,3)4/h3-10H,1-2H3,(H,19,20)(H,21,22);1H3,(H,2,3,4)/p-2/b9-7+;. The molecule has 9 nitrogen and oxygen atoms in total. The SMILES string of the molecule is COc1ccc(/C=C/c2nc3c(C(=O)[O-])cccc3[nH]2)cc1OC.CS(=O)(=O)[O-]. The van der Waals surface area contributed by atoms with Crippen LogP contribution in [0.1, 0.15) is 21.7 Å². The van der Waals surface area contributed by atoms with Gasteiger partial charge in [0, 0.05) is 11.8 Å². The van der Waals surface area contributed by atoms with Crippen molar-refractivity contribution in [3.05, 3.63) is 53.3 Å². The first kappa shape index (κ1) is 21.9. The molecule has 2 aromatic carbocycles. The fraction of sp³-hybridized carbons (Fsp3) is 0.158. The van der Waals surface area contributed by atoms with Gasteiger partial charge in [-0.2, -0.15) is 0 Å². The normalized spacial score (nSPS) is 11.2. The van der Waals surface area contributed by atoms with Crippen molar-refractivity contribution in [2.45, 2.75) is 0 Å². The van der Waals surface area contributed by atoms with Gasteiger partial charge < -0.3 is 28.9 Å². The molecule has 3 aromatic rings. The number of nitrogens with one attached hydrogen (secondary N) is 1. The molecule has 0 atom stereocenters. The molecule has 0 bridgehead atoms. The number of aromatic carboxylic acids is 1. The van der Waals surface area contributed by atoms with Crippen LogP contribution in [0.4, 0.5) is 0 Å². The Kier molecular flexibility index (Phi) is 6.97. The Bertz CT molecular complexity index is 1140. The Morgan fingerprint density at radius 3 is 2.34 bits per heavy atom. The molecule has 3 rings (SSSR count). The average Bonchev–Trinajstić information content (AvgIpc) is 3.07. The summed E-state index contributed by atoms with van der Waals surface area (Å²) in [6.45, 7) is 0. The van der Waals surface area contributed by atoms with E-state index in [-0.39, 0.29) is 5.56 Å². The smallest absolute Gasteiger partial charge is 0.161 e. The summed E-state index contributed by atoms with van der Waals surface area (Å²) < 4.78 is 37.7. The zero-order valence-corrected chi connectivity index (χ0v) is 16.6. The molecule has 0 saturated carbocycles. The van der Waals surface area contributed by atoms with Crippen LogP contribution in [0, 0.1) is 0 Å². The fourth-order valence-corrected chi connectivity index (χ4v) is 2.43. The Morgan fingerprint density at radius 2 is 1.76 bits per heavy atom. The Morgan fingerprint density at radius 1 is 1.10 bits per heavy atom. The first-order valence-corrected chi connectivity index (χ1v) is 9.95. The Hall–Kier alpha value is -3.37. The molecule has 29 heavy (non-hydrogen) atoms. The number of carboxylic acids is 1. The molecule has 0 aliphatic rings. The van der Waals surface area contributed by atoms with Crippen LogP contribution in [-0.2, 0) is 10.1 Å². The van der Waals surface area contributed by atoms with E-state index in [4.69, 9.17) is 22.4 Å². The lowest BCUT2D eigenvalue weighted by Gasteiger charge is -2.07. The van der Waals surface area contributed by atoms with Crippen LogP contribution >= 0.6 is 0 Å². The molecule has 1 heterocycles. The highest BCUT2D eigenvalue weighted by Crippen LogP contribution is 2.28. The highest BCUT2D eigenvalue weighted by Gasteiger charge is 2.07. The number of methoxy groups -OCH3 is 2. The van der Waals surface area contributed by atoms with Crippen molar-refractivity contribution < 1.29 is 32.3 Å². The number of H-pyrrole nitrogens is 1. The van der Waals surface area contributed by atoms with Crippen LogP contribution in [0.15, 0.2) is 36.4 Å². The van der Waals surface area contributed by atoms with E-state index in [0.717, 1.165) is 5.56 Å². The zero-order valence-electron chi connectivity index (χ0n) is 15.8. The Labute approximate surface area is 167 Å². The van der Waals surface area contributed by atoms with Crippen LogP contribution < -0.4 is 14.6 Å². The van der Waals surface area contributed by atoms with E-state index >= 15 is 0 Å². The molecular formula is C19H18N2O7S-2. The lowest BCUT2D eigenvalue weighted by Crippen LogP contribution is -2.22. The van der Waals surface area contributed by atoms with Crippen molar-refractivity contribution in [1.82, 2.24) is 9.97 Å². The molecule has 154 valence electrons. The molecule has 0 unspecified atom stereocenters. The molecule has 1 N–H and O–H groups in total. The number of hydrogen-bond donors (Lipinski definition) is 1. The summed E-state index contributed by atoms with van der Waals surface area (Å²) in [6, 6.07) is 10.4. The van der Waals surface area contributed by atoms with Gasteiger partial charge in [-0.25, -0.2) is 13.4 Å². The molecule has 0 radical (unpaired) electrons. The number of hydrogen-bond acceptors (Lipinski definition) is 8. The third kappa shape index (κ3) is 6.33. The number of aromatic amines is 1. The van der Waals surface area contributed by atoms with Gasteiger partial charge in [0.2, 0.25) is 0 Å². The van der Waals surface area contributed by atoms with Crippen molar-refractivity contribution in [3.8, 4) is 11.5 Å². The third-order valence-electron chi connectivity index (χ3n) is 3.59. The summed E-state index contributed by atoms with van der Waals surface area (Å²) in [5.41, 5.74) is 1.98. The van der Waals surface area contributed by atoms with E-state index in [2.05, 4.69) is 9.97 Å². The number of ether oxygens (including phenoxy) is 2. The highest BCUT2D eigenvalue weighted by atomic mass is 32.2. The first-order chi connectivity index (χ1) is 13.6. The molecule has 0 aliphatic heterocycles.